The normalized spacial score (nSPS) is 10.5. The van der Waals surface area contributed by atoms with Gasteiger partial charge in [0.25, 0.3) is 0 Å². The molecule has 88 valence electrons. The average Bonchev–Trinajstić information content (AvgIpc) is 2.34. The molecule has 0 radical (unpaired) electrons. The summed E-state index contributed by atoms with van der Waals surface area (Å²) in [5, 5.41) is 0.597. The zero-order chi connectivity index (χ0) is 12.3. The lowest BCUT2D eigenvalue weighted by molar-refractivity contribution is 0.577. The van der Waals surface area contributed by atoms with Crippen LogP contribution in [-0.2, 0) is 6.54 Å². The molecule has 0 bridgehead atoms. The van der Waals surface area contributed by atoms with Crippen LogP contribution < -0.4 is 5.73 Å². The van der Waals surface area contributed by atoms with E-state index in [4.69, 9.17) is 5.73 Å². The van der Waals surface area contributed by atoms with Crippen molar-refractivity contribution in [2.24, 2.45) is 5.73 Å². The Hall–Kier alpha value is -1.46. The van der Waals surface area contributed by atoms with E-state index in [0.29, 0.717) is 11.6 Å². The molecule has 1 aromatic heterocycles. The van der Waals surface area contributed by atoms with Crippen LogP contribution in [0.3, 0.4) is 0 Å². The maximum Gasteiger partial charge on any atom is 0.137 e. The molecule has 0 aliphatic rings. The Morgan fingerprint density at radius 3 is 2.82 bits per heavy atom. The first-order valence-corrected chi connectivity index (χ1v) is 5.79. The molecule has 0 saturated carbocycles. The summed E-state index contributed by atoms with van der Waals surface area (Å²) in [6, 6.07) is 6.90. The van der Waals surface area contributed by atoms with Crippen molar-refractivity contribution in [3.05, 3.63) is 53.7 Å². The lowest BCUT2D eigenvalue weighted by Gasteiger charge is -2.06. The summed E-state index contributed by atoms with van der Waals surface area (Å²) >= 11 is 1.07. The van der Waals surface area contributed by atoms with Gasteiger partial charge < -0.3 is 5.73 Å². The second-order valence-corrected chi connectivity index (χ2v) is 4.38. The molecule has 5 heteroatoms. The van der Waals surface area contributed by atoms with Gasteiger partial charge in [-0.15, -0.1) is 0 Å². The molecule has 2 rings (SSSR count). The van der Waals surface area contributed by atoms with Gasteiger partial charge in [-0.1, -0.05) is 17.8 Å². The summed E-state index contributed by atoms with van der Waals surface area (Å²) in [6.45, 7) is 0.313. The number of pyridine rings is 1. The van der Waals surface area contributed by atoms with Gasteiger partial charge in [0.1, 0.15) is 16.7 Å². The van der Waals surface area contributed by atoms with E-state index in [1.54, 1.807) is 12.3 Å². The summed E-state index contributed by atoms with van der Waals surface area (Å²) in [5.41, 5.74) is 6.36. The first-order chi connectivity index (χ1) is 8.20. The molecule has 2 N–H and O–H groups in total. The van der Waals surface area contributed by atoms with Crippen LogP contribution in [0, 0.1) is 11.6 Å². The average molecular weight is 252 g/mol. The summed E-state index contributed by atoms with van der Waals surface area (Å²) in [4.78, 5) is 4.32. The van der Waals surface area contributed by atoms with Crippen molar-refractivity contribution in [1.82, 2.24) is 4.98 Å². The maximum atomic E-state index is 13.4. The van der Waals surface area contributed by atoms with E-state index in [1.807, 2.05) is 6.07 Å². The second kappa shape index (κ2) is 5.25. The van der Waals surface area contributed by atoms with E-state index in [-0.39, 0.29) is 4.90 Å². The highest BCUT2D eigenvalue weighted by Crippen LogP contribution is 2.30. The molecule has 2 aromatic rings. The number of rotatable bonds is 3. The van der Waals surface area contributed by atoms with Gasteiger partial charge in [-0.3, -0.25) is 0 Å². The monoisotopic (exact) mass is 252 g/mol. The van der Waals surface area contributed by atoms with E-state index >= 15 is 0 Å². The number of halogens is 2. The minimum Gasteiger partial charge on any atom is -0.326 e. The third-order valence-corrected chi connectivity index (χ3v) is 3.26. The van der Waals surface area contributed by atoms with Crippen molar-refractivity contribution in [3.8, 4) is 0 Å². The van der Waals surface area contributed by atoms with E-state index in [2.05, 4.69) is 4.98 Å². The maximum absolute atomic E-state index is 13.4. The van der Waals surface area contributed by atoms with Crippen molar-refractivity contribution in [2.75, 3.05) is 0 Å². The van der Waals surface area contributed by atoms with E-state index in [0.717, 1.165) is 35.5 Å². The highest BCUT2D eigenvalue weighted by atomic mass is 32.2. The Morgan fingerprint density at radius 1 is 1.24 bits per heavy atom. The zero-order valence-corrected chi connectivity index (χ0v) is 9.68. The van der Waals surface area contributed by atoms with Gasteiger partial charge in [0, 0.05) is 12.7 Å². The van der Waals surface area contributed by atoms with Gasteiger partial charge in [0.2, 0.25) is 0 Å². The lowest BCUT2D eigenvalue weighted by atomic mass is 10.3. The minimum absolute atomic E-state index is 0.207. The van der Waals surface area contributed by atoms with Crippen molar-refractivity contribution in [1.29, 1.82) is 0 Å². The number of nitrogens with two attached hydrogens (primary N) is 1. The number of hydrogen-bond acceptors (Lipinski definition) is 3. The summed E-state index contributed by atoms with van der Waals surface area (Å²) in [5.74, 6) is -0.941. The molecule has 0 aliphatic carbocycles. The molecule has 1 aromatic carbocycles. The Morgan fingerprint density at radius 2 is 2.06 bits per heavy atom. The molecule has 0 amide bonds. The van der Waals surface area contributed by atoms with Crippen molar-refractivity contribution < 1.29 is 8.78 Å². The zero-order valence-electron chi connectivity index (χ0n) is 8.86. The van der Waals surface area contributed by atoms with Crippen molar-refractivity contribution in [2.45, 2.75) is 16.5 Å². The highest BCUT2D eigenvalue weighted by molar-refractivity contribution is 7.99. The van der Waals surface area contributed by atoms with Gasteiger partial charge in [-0.05, 0) is 29.8 Å². The highest BCUT2D eigenvalue weighted by Gasteiger charge is 2.09. The minimum atomic E-state index is -0.473. The molecule has 1 heterocycles. The molecule has 2 nitrogen and oxygen atoms in total. The number of nitrogens with zero attached hydrogens (tertiary/aromatic N) is 1. The number of hydrogen-bond donors (Lipinski definition) is 1. The van der Waals surface area contributed by atoms with Crippen LogP contribution >= 0.6 is 11.8 Å². The van der Waals surface area contributed by atoms with Gasteiger partial charge in [0.05, 0.1) is 4.90 Å². The largest absolute Gasteiger partial charge is 0.326 e. The smallest absolute Gasteiger partial charge is 0.137 e. The predicted molar refractivity (Wildman–Crippen MR) is 62.6 cm³/mol. The van der Waals surface area contributed by atoms with E-state index in [9.17, 15) is 8.78 Å². The third kappa shape index (κ3) is 2.81. The van der Waals surface area contributed by atoms with Crippen LogP contribution in [0.1, 0.15) is 5.56 Å². The van der Waals surface area contributed by atoms with Crippen molar-refractivity contribution in [3.63, 3.8) is 0 Å². The molecular formula is C12H10F2N2S. The predicted octanol–water partition coefficient (Wildman–Crippen LogP) is 2.97. The fourth-order valence-corrected chi connectivity index (χ4v) is 2.27. The van der Waals surface area contributed by atoms with Gasteiger partial charge in [0.15, 0.2) is 0 Å². The Kier molecular flexibility index (Phi) is 3.71. The van der Waals surface area contributed by atoms with Gasteiger partial charge in [-0.25, -0.2) is 13.8 Å². The number of benzene rings is 1. The summed E-state index contributed by atoms with van der Waals surface area (Å²) in [7, 11) is 0. The lowest BCUT2D eigenvalue weighted by Crippen LogP contribution is -1.99. The van der Waals surface area contributed by atoms with Crippen LogP contribution in [0.25, 0.3) is 0 Å². The SMILES string of the molecule is NCc1cccnc1Sc1cc(F)ccc1F. The second-order valence-electron chi connectivity index (χ2n) is 3.35. The molecular weight excluding hydrogens is 242 g/mol. The fourth-order valence-electron chi connectivity index (χ4n) is 1.33. The standard InChI is InChI=1S/C12H10F2N2S/c13-9-3-4-10(14)11(6-9)17-12-8(7-15)2-1-5-16-12/h1-6H,7,15H2. The van der Waals surface area contributed by atoms with E-state index in [1.165, 1.54) is 0 Å². The molecule has 0 spiro atoms. The van der Waals surface area contributed by atoms with Crippen molar-refractivity contribution >= 4 is 11.8 Å². The van der Waals surface area contributed by atoms with Crippen LogP contribution in [0.4, 0.5) is 8.78 Å². The molecule has 0 unspecified atom stereocenters. The summed E-state index contributed by atoms with van der Waals surface area (Å²) < 4.78 is 26.5. The van der Waals surface area contributed by atoms with Crippen LogP contribution in [-0.4, -0.2) is 4.98 Å². The Balaban J connectivity index is 2.34. The first-order valence-electron chi connectivity index (χ1n) is 4.97. The Labute approximate surface area is 102 Å². The Bertz CT molecular complexity index is 532. The van der Waals surface area contributed by atoms with E-state index < -0.39 is 11.6 Å². The quantitative estimate of drug-likeness (QED) is 0.912. The third-order valence-electron chi connectivity index (χ3n) is 2.17. The molecule has 0 atom stereocenters. The molecule has 17 heavy (non-hydrogen) atoms. The summed E-state index contributed by atoms with van der Waals surface area (Å²) in [6.07, 6.45) is 1.60. The molecule has 0 fully saturated rings. The van der Waals surface area contributed by atoms with Gasteiger partial charge in [-0.2, -0.15) is 0 Å². The fraction of sp³-hybridized carbons (Fsp3) is 0.0833. The van der Waals surface area contributed by atoms with Crippen LogP contribution in [0.2, 0.25) is 0 Å². The van der Waals surface area contributed by atoms with Crippen LogP contribution in [0.5, 0.6) is 0 Å². The van der Waals surface area contributed by atoms with Crippen LogP contribution in [0.15, 0.2) is 46.5 Å². The molecule has 0 saturated heterocycles. The number of aromatic nitrogens is 1. The topological polar surface area (TPSA) is 38.9 Å². The first kappa shape index (κ1) is 12.0. The van der Waals surface area contributed by atoms with Gasteiger partial charge >= 0.3 is 0 Å². The molecule has 0 aliphatic heterocycles.